The molecule has 0 fully saturated rings. The molecule has 2 nitrogen and oxygen atoms in total. The zero-order valence-electron chi connectivity index (χ0n) is 6.09. The summed E-state index contributed by atoms with van der Waals surface area (Å²) in [6, 6.07) is 1.98. The molecule has 0 amide bonds. The number of hydrogen-bond acceptors (Lipinski definition) is 1. The highest BCUT2D eigenvalue weighted by Crippen LogP contribution is 2.14. The van der Waals surface area contributed by atoms with Gasteiger partial charge in [-0.3, -0.25) is 0 Å². The summed E-state index contributed by atoms with van der Waals surface area (Å²) in [5, 5.41) is 11.0. The lowest BCUT2D eigenvalue weighted by Gasteiger charge is -2.16. The van der Waals surface area contributed by atoms with Gasteiger partial charge in [-0.2, -0.15) is 0 Å². The molecule has 1 atom stereocenters. The van der Waals surface area contributed by atoms with Crippen LogP contribution in [0.1, 0.15) is 5.56 Å². The molecule has 0 aliphatic rings. The minimum atomic E-state index is 0.161. The first kappa shape index (κ1) is 7.67. The minimum absolute atomic E-state index is 0.161. The first-order valence-electron chi connectivity index (χ1n) is 3.13. The molecule has 0 aliphatic carbocycles. The van der Waals surface area contributed by atoms with E-state index in [0.717, 1.165) is 19.4 Å². The molecule has 3 heteroatoms. The lowest BCUT2D eigenvalue weighted by molar-refractivity contribution is -0.751. The summed E-state index contributed by atoms with van der Waals surface area (Å²) in [6.45, 7) is 1.96. The zero-order chi connectivity index (χ0) is 7.56. The van der Waals surface area contributed by atoms with E-state index in [0.29, 0.717) is 0 Å². The van der Waals surface area contributed by atoms with Gasteiger partial charge >= 0.3 is 0 Å². The van der Waals surface area contributed by atoms with Crippen molar-refractivity contribution in [1.29, 1.82) is 0 Å². The quantitative estimate of drug-likeness (QED) is 0.606. The van der Waals surface area contributed by atoms with E-state index in [9.17, 15) is 5.21 Å². The Morgan fingerprint density at radius 2 is 2.30 bits per heavy atom. The Hall–Kier alpha value is -0.430. The highest BCUT2D eigenvalue weighted by atomic mass is 31.0. The normalized spacial score (nSPS) is 13.9. The molecule has 1 N–H and O–H groups in total. The average Bonchev–Trinajstić information content (AvgIpc) is 1.88. The van der Waals surface area contributed by atoms with E-state index in [1.165, 1.54) is 0 Å². The highest BCUT2D eigenvalue weighted by molar-refractivity contribution is 7.28. The van der Waals surface area contributed by atoms with E-state index in [1.54, 1.807) is 7.05 Å². The molecule has 0 saturated carbocycles. The third kappa shape index (κ3) is 1.54. The van der Waals surface area contributed by atoms with Crippen LogP contribution in [0.15, 0.2) is 17.7 Å². The second-order valence-electron chi connectivity index (χ2n) is 2.25. The fourth-order valence-corrected chi connectivity index (χ4v) is 1.76. The van der Waals surface area contributed by atoms with Gasteiger partial charge in [-0.1, -0.05) is 8.19 Å². The Balaban J connectivity index is 3.03. The number of aryl methyl sites for hydroxylation is 1. The van der Waals surface area contributed by atoms with Crippen molar-refractivity contribution in [1.82, 2.24) is 0 Å². The van der Waals surface area contributed by atoms with Gasteiger partial charge in [-0.05, 0) is 18.8 Å². The van der Waals surface area contributed by atoms with Crippen molar-refractivity contribution in [2.75, 3.05) is 7.05 Å². The lowest BCUT2D eigenvalue weighted by atomic mass is 10.3. The topological polar surface area (TPSA) is 27.5 Å². The number of quaternary nitrogens is 1. The van der Waals surface area contributed by atoms with Gasteiger partial charge in [-0.25, -0.2) is 0 Å². The van der Waals surface area contributed by atoms with E-state index < -0.39 is 0 Å². The molecule has 1 aromatic rings. The Labute approximate surface area is 62.2 Å². The van der Waals surface area contributed by atoms with Gasteiger partial charge in [-0.15, -0.1) is 0 Å². The van der Waals surface area contributed by atoms with Crippen LogP contribution in [0, 0.1) is 12.1 Å². The highest BCUT2D eigenvalue weighted by Gasteiger charge is 1.98. The van der Waals surface area contributed by atoms with Gasteiger partial charge in [0, 0.05) is 11.4 Å². The molecule has 0 saturated heterocycles. The van der Waals surface area contributed by atoms with Crippen LogP contribution < -0.4 is 5.06 Å². The van der Waals surface area contributed by atoms with E-state index in [1.807, 2.05) is 24.6 Å². The van der Waals surface area contributed by atoms with Crippen LogP contribution in [-0.2, 0) is 0 Å². The third-order valence-electron chi connectivity index (χ3n) is 1.42. The molecule has 0 bridgehead atoms. The molecule has 1 heterocycles. The van der Waals surface area contributed by atoms with Gasteiger partial charge in [0.25, 0.3) is 0 Å². The number of nitrogens with one attached hydrogen (secondary N) is 1. The molecule has 54 valence electrons. The van der Waals surface area contributed by atoms with Gasteiger partial charge in [0.1, 0.15) is 5.69 Å². The fraction of sp³-hybridized carbons (Fsp3) is 0.286. The number of hydrogen-bond donors (Lipinski definition) is 1. The molecule has 0 aromatic carbocycles. The van der Waals surface area contributed by atoms with E-state index in [2.05, 4.69) is 0 Å². The molecule has 10 heavy (non-hydrogen) atoms. The largest absolute Gasteiger partial charge is 0.629 e. The number of rotatable bonds is 1. The summed E-state index contributed by atoms with van der Waals surface area (Å²) >= 11 is 0. The van der Waals surface area contributed by atoms with E-state index in [4.69, 9.17) is 0 Å². The Bertz CT molecular complexity index is 225. The first-order valence-corrected chi connectivity index (χ1v) is 4.16. The average molecular weight is 155 g/mol. The third-order valence-corrected chi connectivity index (χ3v) is 2.15. The van der Waals surface area contributed by atoms with Crippen LogP contribution in [0.5, 0.6) is 0 Å². The van der Waals surface area contributed by atoms with Crippen molar-refractivity contribution >= 4 is 13.9 Å². The van der Waals surface area contributed by atoms with Crippen molar-refractivity contribution in [3.8, 4) is 0 Å². The summed E-state index contributed by atoms with van der Waals surface area (Å²) in [5.74, 6) is 3.97. The molecular weight excluding hydrogens is 145 g/mol. The van der Waals surface area contributed by atoms with Crippen molar-refractivity contribution < 1.29 is 5.06 Å². The molecular formula is C7H10NOP. The number of hydroxylamine groups is 1. The van der Waals surface area contributed by atoms with Crippen LogP contribution in [0.3, 0.4) is 0 Å². The monoisotopic (exact) mass is 155 g/mol. The van der Waals surface area contributed by atoms with Gasteiger partial charge < -0.3 is 10.3 Å². The molecule has 0 spiro atoms. The molecule has 1 aromatic heterocycles. The van der Waals surface area contributed by atoms with Gasteiger partial charge in [0.15, 0.2) is 0 Å². The Morgan fingerprint density at radius 1 is 1.60 bits per heavy atom. The van der Waals surface area contributed by atoms with Crippen molar-refractivity contribution in [3.05, 3.63) is 28.4 Å². The minimum Gasteiger partial charge on any atom is -0.629 e. The summed E-state index contributed by atoms with van der Waals surface area (Å²) in [4.78, 5) is 0. The SMILES string of the molecule is Cc1ccpcc1[NH+](C)[O-]. The smallest absolute Gasteiger partial charge is 0.138 e. The van der Waals surface area contributed by atoms with Crippen LogP contribution in [-0.4, -0.2) is 7.05 Å². The summed E-state index contributed by atoms with van der Waals surface area (Å²) in [6.07, 6.45) is 0. The molecule has 1 unspecified atom stereocenters. The Morgan fingerprint density at radius 3 is 2.70 bits per heavy atom. The lowest BCUT2D eigenvalue weighted by Crippen LogP contribution is -2.98. The maximum atomic E-state index is 10.9. The predicted octanol–water partition coefficient (Wildman–Crippen LogP) is 1.22. The summed E-state index contributed by atoms with van der Waals surface area (Å²) in [7, 11) is 2.71. The van der Waals surface area contributed by atoms with Crippen molar-refractivity contribution in [2.45, 2.75) is 6.92 Å². The first-order chi connectivity index (χ1) is 4.72. The van der Waals surface area contributed by atoms with Crippen LogP contribution in [0.4, 0.5) is 5.69 Å². The molecule has 0 aliphatic heterocycles. The van der Waals surface area contributed by atoms with Crippen LogP contribution >= 0.6 is 8.19 Å². The van der Waals surface area contributed by atoms with Crippen molar-refractivity contribution in [2.24, 2.45) is 0 Å². The van der Waals surface area contributed by atoms with Gasteiger partial charge in [0.05, 0.1) is 7.05 Å². The maximum absolute atomic E-state index is 10.9. The summed E-state index contributed by atoms with van der Waals surface area (Å²) < 4.78 is 0. The molecule has 1 rings (SSSR count). The fourth-order valence-electron chi connectivity index (χ4n) is 0.833. The van der Waals surface area contributed by atoms with E-state index >= 15 is 0 Å². The molecule has 0 radical (unpaired) electrons. The second-order valence-corrected chi connectivity index (χ2v) is 3.10. The standard InChI is InChI=1S/C7H10NOP/c1-6-3-4-10-5-7(6)8(2)9/h3-5,8H,1-2H3. The Kier molecular flexibility index (Phi) is 2.39. The summed E-state index contributed by atoms with van der Waals surface area (Å²) in [5.41, 5.74) is 1.94. The van der Waals surface area contributed by atoms with Crippen LogP contribution in [0.2, 0.25) is 0 Å². The van der Waals surface area contributed by atoms with Crippen molar-refractivity contribution in [3.63, 3.8) is 0 Å². The van der Waals surface area contributed by atoms with Crippen LogP contribution in [0.25, 0.3) is 0 Å². The van der Waals surface area contributed by atoms with Gasteiger partial charge in [0.2, 0.25) is 0 Å². The zero-order valence-corrected chi connectivity index (χ0v) is 6.98. The predicted molar refractivity (Wildman–Crippen MR) is 43.6 cm³/mol. The maximum Gasteiger partial charge on any atom is 0.138 e. The van der Waals surface area contributed by atoms with E-state index in [-0.39, 0.29) is 5.06 Å². The second kappa shape index (κ2) is 3.11.